The average Bonchev–Trinajstić information content (AvgIpc) is 3.32. The van der Waals surface area contributed by atoms with E-state index in [2.05, 4.69) is 4.90 Å². The molecule has 1 N–H and O–H groups in total. The Bertz CT molecular complexity index is 985. The minimum Gasteiger partial charge on any atom is -0.481 e. The molecule has 2 aliphatic carbocycles. The van der Waals surface area contributed by atoms with E-state index in [0.29, 0.717) is 24.4 Å². The summed E-state index contributed by atoms with van der Waals surface area (Å²) in [4.78, 5) is 13.7. The minimum atomic E-state index is -4.41. The van der Waals surface area contributed by atoms with Gasteiger partial charge in [0.15, 0.2) is 0 Å². The number of rotatable bonds is 8. The Morgan fingerprint density at radius 2 is 1.63 bits per heavy atom. The average molecular weight is 492 g/mol. The van der Waals surface area contributed by atoms with Crippen LogP contribution >= 0.6 is 0 Å². The summed E-state index contributed by atoms with van der Waals surface area (Å²) in [7, 11) is 0. The molecule has 7 heteroatoms. The van der Waals surface area contributed by atoms with Crippen LogP contribution in [0, 0.1) is 17.7 Å². The van der Waals surface area contributed by atoms with Crippen molar-refractivity contribution in [3.8, 4) is 0 Å². The molecule has 4 rings (SSSR count). The second-order valence-corrected chi connectivity index (χ2v) is 10.2. The van der Waals surface area contributed by atoms with Crippen molar-refractivity contribution < 1.29 is 27.5 Å². The highest BCUT2D eigenvalue weighted by Gasteiger charge is 2.38. The molecule has 2 saturated carbocycles. The molecule has 2 fully saturated rings. The first-order chi connectivity index (χ1) is 16.7. The Morgan fingerprint density at radius 3 is 2.26 bits per heavy atom. The summed E-state index contributed by atoms with van der Waals surface area (Å²) in [5.74, 6) is -0.725. The van der Waals surface area contributed by atoms with Crippen LogP contribution < -0.4 is 0 Å². The van der Waals surface area contributed by atoms with Gasteiger partial charge in [-0.25, -0.2) is 4.39 Å². The van der Waals surface area contributed by atoms with E-state index in [1.165, 1.54) is 18.9 Å². The van der Waals surface area contributed by atoms with Crippen molar-refractivity contribution >= 4 is 5.97 Å². The van der Waals surface area contributed by atoms with Gasteiger partial charge in [0.25, 0.3) is 0 Å². The Labute approximate surface area is 204 Å². The molecule has 190 valence electrons. The van der Waals surface area contributed by atoms with Crippen LogP contribution in [0.1, 0.15) is 74.0 Å². The van der Waals surface area contributed by atoms with Crippen LogP contribution in [0.25, 0.3) is 0 Å². The van der Waals surface area contributed by atoms with Gasteiger partial charge in [-0.05, 0) is 73.6 Å². The van der Waals surface area contributed by atoms with Crippen LogP contribution in [0.2, 0.25) is 0 Å². The molecular formula is C28H33F4NO2. The first kappa shape index (κ1) is 25.7. The highest BCUT2D eigenvalue weighted by atomic mass is 19.4. The van der Waals surface area contributed by atoms with Crippen molar-refractivity contribution in [2.24, 2.45) is 11.8 Å². The van der Waals surface area contributed by atoms with Gasteiger partial charge in [-0.2, -0.15) is 13.2 Å². The zero-order valence-electron chi connectivity index (χ0n) is 19.8. The molecule has 0 unspecified atom stereocenters. The lowest BCUT2D eigenvalue weighted by atomic mass is 9.72. The fourth-order valence-corrected chi connectivity index (χ4v) is 6.08. The standard InChI is InChI=1S/C28H33F4NO2/c29-25-8-4-3-7-22(25)18-33(17-19-5-1-2-6-19)26-14-9-20(16-27(34)35)15-24(26)21-10-12-23(13-11-21)28(30,31)32/h3-4,7-8,10-13,19-20,24,26H,1-2,5-6,9,14-18H2,(H,34,35)/t20-,24+,26-/m1/s1. The molecule has 2 aliphatic rings. The van der Waals surface area contributed by atoms with Crippen LogP contribution in [0.5, 0.6) is 0 Å². The maximum absolute atomic E-state index is 14.6. The van der Waals surface area contributed by atoms with Gasteiger partial charge in [-0.1, -0.05) is 43.2 Å². The number of carbonyl (C=O) groups is 1. The molecule has 0 aliphatic heterocycles. The molecule has 0 aromatic heterocycles. The van der Waals surface area contributed by atoms with E-state index < -0.39 is 17.7 Å². The second kappa shape index (κ2) is 11.1. The molecule has 2 aromatic rings. The number of hydrogen-bond donors (Lipinski definition) is 1. The lowest BCUT2D eigenvalue weighted by Crippen LogP contribution is -2.45. The van der Waals surface area contributed by atoms with E-state index in [4.69, 9.17) is 0 Å². The number of alkyl halides is 3. The molecule has 0 heterocycles. The zero-order valence-corrected chi connectivity index (χ0v) is 19.8. The Morgan fingerprint density at radius 1 is 0.943 bits per heavy atom. The van der Waals surface area contributed by atoms with Crippen molar-refractivity contribution in [3.05, 3.63) is 71.0 Å². The number of carboxylic acid groups (broad SMARTS) is 1. The lowest BCUT2D eigenvalue weighted by molar-refractivity contribution is -0.139. The first-order valence-corrected chi connectivity index (χ1v) is 12.6. The monoisotopic (exact) mass is 491 g/mol. The Kier molecular flexibility index (Phi) is 8.15. The molecule has 0 saturated heterocycles. The van der Waals surface area contributed by atoms with Gasteiger partial charge in [0.05, 0.1) is 5.56 Å². The maximum atomic E-state index is 14.6. The number of halogens is 4. The summed E-state index contributed by atoms with van der Waals surface area (Å²) in [6.45, 7) is 1.26. The van der Waals surface area contributed by atoms with Crippen LogP contribution in [-0.4, -0.2) is 28.6 Å². The summed E-state index contributed by atoms with van der Waals surface area (Å²) in [6.07, 6.45) is 2.37. The van der Waals surface area contributed by atoms with Crippen molar-refractivity contribution in [1.29, 1.82) is 0 Å². The Balaban J connectivity index is 1.65. The topological polar surface area (TPSA) is 40.5 Å². The molecular weight excluding hydrogens is 458 g/mol. The van der Waals surface area contributed by atoms with E-state index in [1.807, 2.05) is 6.07 Å². The number of aliphatic carboxylic acids is 1. The summed E-state index contributed by atoms with van der Waals surface area (Å²) >= 11 is 0. The van der Waals surface area contributed by atoms with Gasteiger partial charge in [-0.3, -0.25) is 9.69 Å². The number of benzene rings is 2. The van der Waals surface area contributed by atoms with E-state index in [1.54, 1.807) is 24.3 Å². The largest absolute Gasteiger partial charge is 0.481 e. The number of hydrogen-bond acceptors (Lipinski definition) is 2. The summed E-state index contributed by atoms with van der Waals surface area (Å²) in [5, 5.41) is 9.36. The van der Waals surface area contributed by atoms with E-state index >= 15 is 0 Å². The third-order valence-corrected chi connectivity index (χ3v) is 7.82. The predicted octanol–water partition coefficient (Wildman–Crippen LogP) is 7.26. The van der Waals surface area contributed by atoms with Crippen LogP contribution in [-0.2, 0) is 17.5 Å². The Hall–Kier alpha value is -2.41. The van der Waals surface area contributed by atoms with Crippen LogP contribution in [0.3, 0.4) is 0 Å². The number of carboxylic acids is 1. The first-order valence-electron chi connectivity index (χ1n) is 12.6. The van der Waals surface area contributed by atoms with Crippen LogP contribution in [0.15, 0.2) is 48.5 Å². The summed E-state index contributed by atoms with van der Waals surface area (Å²) in [6, 6.07) is 12.1. The highest BCUT2D eigenvalue weighted by Crippen LogP contribution is 2.42. The van der Waals surface area contributed by atoms with E-state index in [9.17, 15) is 27.5 Å². The van der Waals surface area contributed by atoms with Gasteiger partial charge in [0.1, 0.15) is 5.82 Å². The molecule has 0 spiro atoms. The van der Waals surface area contributed by atoms with Gasteiger partial charge >= 0.3 is 12.1 Å². The van der Waals surface area contributed by atoms with E-state index in [-0.39, 0.29) is 30.1 Å². The fourth-order valence-electron chi connectivity index (χ4n) is 6.08. The minimum absolute atomic E-state index is 0.0111. The molecule has 0 radical (unpaired) electrons. The van der Waals surface area contributed by atoms with Crippen LogP contribution in [0.4, 0.5) is 17.6 Å². The summed E-state index contributed by atoms with van der Waals surface area (Å²) < 4.78 is 54.1. The SMILES string of the molecule is O=C(O)C[C@@H]1CC[C@@H](N(Cc2ccccc2F)CC2CCCC2)[C@H](c2ccc(C(F)(F)F)cc2)C1. The van der Waals surface area contributed by atoms with Gasteiger partial charge < -0.3 is 5.11 Å². The molecule has 0 bridgehead atoms. The summed E-state index contributed by atoms with van der Waals surface area (Å²) in [5.41, 5.74) is 0.720. The lowest BCUT2D eigenvalue weighted by Gasteiger charge is -2.44. The quantitative estimate of drug-likeness (QED) is 0.395. The third-order valence-electron chi connectivity index (χ3n) is 7.82. The van der Waals surface area contributed by atoms with Gasteiger partial charge in [0, 0.05) is 31.1 Å². The van der Waals surface area contributed by atoms with Crippen molar-refractivity contribution in [2.75, 3.05) is 6.54 Å². The van der Waals surface area contributed by atoms with Gasteiger partial charge in [0.2, 0.25) is 0 Å². The highest BCUT2D eigenvalue weighted by molar-refractivity contribution is 5.67. The molecule has 35 heavy (non-hydrogen) atoms. The van der Waals surface area contributed by atoms with Crippen molar-refractivity contribution in [1.82, 2.24) is 4.90 Å². The fraction of sp³-hybridized carbons (Fsp3) is 0.536. The van der Waals surface area contributed by atoms with Gasteiger partial charge in [-0.15, -0.1) is 0 Å². The smallest absolute Gasteiger partial charge is 0.416 e. The second-order valence-electron chi connectivity index (χ2n) is 10.2. The molecule has 0 amide bonds. The van der Waals surface area contributed by atoms with Crippen molar-refractivity contribution in [2.45, 2.75) is 76.0 Å². The normalized spacial score (nSPS) is 23.6. The zero-order chi connectivity index (χ0) is 25.0. The molecule has 3 nitrogen and oxygen atoms in total. The number of nitrogens with zero attached hydrogens (tertiary/aromatic N) is 1. The van der Waals surface area contributed by atoms with Crippen molar-refractivity contribution in [3.63, 3.8) is 0 Å². The predicted molar refractivity (Wildman–Crippen MR) is 126 cm³/mol. The molecule has 2 aromatic carbocycles. The molecule has 3 atom stereocenters. The third kappa shape index (κ3) is 6.63. The van der Waals surface area contributed by atoms with E-state index in [0.717, 1.165) is 49.9 Å². The maximum Gasteiger partial charge on any atom is 0.416 e.